The Morgan fingerprint density at radius 1 is 1.20 bits per heavy atom. The molecule has 0 saturated carbocycles. The average molecular weight is 171 g/mol. The summed E-state index contributed by atoms with van der Waals surface area (Å²) in [7, 11) is 0. The van der Waals surface area contributed by atoms with Gasteiger partial charge < -0.3 is 5.11 Å². The van der Waals surface area contributed by atoms with Gasteiger partial charge in [0.15, 0.2) is 0 Å². The molecule has 1 aromatic rings. The van der Waals surface area contributed by atoms with Gasteiger partial charge in [-0.1, -0.05) is 0 Å². The highest BCUT2D eigenvalue weighted by Gasteiger charge is 2.11. The van der Waals surface area contributed by atoms with Gasteiger partial charge in [-0.15, -0.1) is 0 Å². The van der Waals surface area contributed by atoms with Gasteiger partial charge >= 0.3 is 0 Å². The van der Waals surface area contributed by atoms with Crippen molar-refractivity contribution in [1.29, 1.82) is 0 Å². The predicted octanol–water partition coefficient (Wildman–Crippen LogP) is 2.01. The second-order valence-corrected chi connectivity index (χ2v) is 3.87. The minimum atomic E-state index is 0.329. The number of fused-ring (bicyclic) bond motifs is 1. The fourth-order valence-corrected chi connectivity index (χ4v) is 2.55. The Labute approximate surface area is 67.3 Å². The van der Waals surface area contributed by atoms with Gasteiger partial charge in [0, 0.05) is 9.79 Å². The van der Waals surface area contributed by atoms with Crippen molar-refractivity contribution in [3.8, 4) is 5.75 Å². The van der Waals surface area contributed by atoms with Crippen molar-refractivity contribution in [2.45, 2.75) is 9.79 Å². The molecule has 1 aliphatic heterocycles. The van der Waals surface area contributed by atoms with E-state index in [1.54, 1.807) is 24.1 Å². The van der Waals surface area contributed by atoms with E-state index in [9.17, 15) is 0 Å². The third kappa shape index (κ3) is 0.982. The van der Waals surface area contributed by atoms with E-state index in [1.165, 1.54) is 16.8 Å². The predicted molar refractivity (Wildman–Crippen MR) is 43.0 cm³/mol. The topological polar surface area (TPSA) is 32.3 Å². The van der Waals surface area contributed by atoms with Gasteiger partial charge in [0.25, 0.3) is 0 Å². The maximum atomic E-state index is 9.05. The van der Waals surface area contributed by atoms with E-state index < -0.39 is 0 Å². The van der Waals surface area contributed by atoms with Crippen LogP contribution in [0.1, 0.15) is 0 Å². The Bertz CT molecular complexity index is 264. The molecule has 0 fully saturated rings. The summed E-state index contributed by atoms with van der Waals surface area (Å²) in [6.07, 6.45) is 0. The summed E-state index contributed by atoms with van der Waals surface area (Å²) < 4.78 is 3.04. The first kappa shape index (κ1) is 6.39. The maximum absolute atomic E-state index is 9.05. The third-order valence-electron chi connectivity index (χ3n) is 1.23. The van der Waals surface area contributed by atoms with Crippen molar-refractivity contribution < 1.29 is 5.11 Å². The van der Waals surface area contributed by atoms with Crippen LogP contribution in [0, 0.1) is 0 Å². The van der Waals surface area contributed by atoms with Gasteiger partial charge in [-0.2, -0.15) is 4.13 Å². The van der Waals surface area contributed by atoms with Crippen LogP contribution in [0.5, 0.6) is 5.75 Å². The van der Waals surface area contributed by atoms with Crippen LogP contribution in [0.25, 0.3) is 0 Å². The van der Waals surface area contributed by atoms with Crippen LogP contribution in [0.3, 0.4) is 0 Å². The molecule has 2 rings (SSSR count). The molecule has 0 spiro atoms. The highest BCUT2D eigenvalue weighted by Crippen LogP contribution is 2.38. The molecule has 52 valence electrons. The Morgan fingerprint density at radius 2 is 2.00 bits per heavy atom. The van der Waals surface area contributed by atoms with Gasteiger partial charge in [-0.05, 0) is 42.1 Å². The quantitative estimate of drug-likeness (QED) is 0.585. The molecule has 1 heterocycles. The molecular weight excluding hydrogens is 166 g/mol. The summed E-state index contributed by atoms with van der Waals surface area (Å²) >= 11 is 3.11. The van der Waals surface area contributed by atoms with Crippen LogP contribution in [0.15, 0.2) is 28.0 Å². The van der Waals surface area contributed by atoms with Crippen molar-refractivity contribution in [3.05, 3.63) is 18.2 Å². The number of benzene rings is 1. The van der Waals surface area contributed by atoms with Gasteiger partial charge in [0.05, 0.1) is 0 Å². The van der Waals surface area contributed by atoms with E-state index in [2.05, 4.69) is 4.13 Å². The van der Waals surface area contributed by atoms with Crippen molar-refractivity contribution >= 4 is 23.9 Å². The molecule has 0 radical (unpaired) electrons. The molecule has 2 nitrogen and oxygen atoms in total. The van der Waals surface area contributed by atoms with E-state index >= 15 is 0 Å². The molecule has 0 bridgehead atoms. The normalized spacial score (nSPS) is 15.2. The van der Waals surface area contributed by atoms with Crippen molar-refractivity contribution in [3.63, 3.8) is 0 Å². The molecule has 0 amide bonds. The van der Waals surface area contributed by atoms with E-state index in [-0.39, 0.29) is 0 Å². The van der Waals surface area contributed by atoms with E-state index in [0.717, 1.165) is 4.90 Å². The zero-order valence-electron chi connectivity index (χ0n) is 5.00. The minimum Gasteiger partial charge on any atom is -0.508 e. The third-order valence-corrected chi connectivity index (χ3v) is 3.16. The summed E-state index contributed by atoms with van der Waals surface area (Å²) in [6, 6.07) is 5.36. The highest BCUT2D eigenvalue weighted by atomic mass is 32.2. The zero-order chi connectivity index (χ0) is 6.97. The summed E-state index contributed by atoms with van der Waals surface area (Å²) in [6.45, 7) is 0. The first-order valence-electron chi connectivity index (χ1n) is 2.78. The fourth-order valence-electron chi connectivity index (χ4n) is 0.771. The number of hydrogen-bond acceptors (Lipinski definition) is 4. The standard InChI is InChI=1S/C6H5NOS2/c8-4-1-2-5-6(3-4)10-7-9-5/h1-3,7-8H. The lowest BCUT2D eigenvalue weighted by molar-refractivity contribution is 0.473. The summed E-state index contributed by atoms with van der Waals surface area (Å²) in [5.74, 6) is 0.329. The summed E-state index contributed by atoms with van der Waals surface area (Å²) in [4.78, 5) is 2.28. The minimum absolute atomic E-state index is 0.329. The number of phenolic OH excluding ortho intramolecular Hbond substituents is 1. The molecule has 0 aromatic heterocycles. The van der Waals surface area contributed by atoms with Gasteiger partial charge in [0.1, 0.15) is 5.75 Å². The Kier molecular flexibility index (Phi) is 1.52. The molecule has 0 saturated heterocycles. The van der Waals surface area contributed by atoms with Gasteiger partial charge in [0.2, 0.25) is 0 Å². The molecule has 0 aliphatic carbocycles. The largest absolute Gasteiger partial charge is 0.508 e. The molecule has 1 aliphatic rings. The summed E-state index contributed by atoms with van der Waals surface area (Å²) in [5.41, 5.74) is 0. The van der Waals surface area contributed by atoms with Gasteiger partial charge in [-0.25, -0.2) is 0 Å². The number of phenols is 1. The lowest BCUT2D eigenvalue weighted by atomic mass is 10.3. The molecular formula is C6H5NOS2. The first-order chi connectivity index (χ1) is 4.86. The van der Waals surface area contributed by atoms with Gasteiger partial charge in [-0.3, -0.25) is 0 Å². The van der Waals surface area contributed by atoms with Crippen LogP contribution in [-0.4, -0.2) is 5.11 Å². The van der Waals surface area contributed by atoms with Crippen molar-refractivity contribution in [2.75, 3.05) is 0 Å². The van der Waals surface area contributed by atoms with E-state index in [1.807, 2.05) is 6.07 Å². The van der Waals surface area contributed by atoms with Crippen molar-refractivity contribution in [1.82, 2.24) is 4.13 Å². The molecule has 1 aromatic carbocycles. The Hall–Kier alpha value is -0.320. The number of aromatic hydroxyl groups is 1. The number of hydrogen-bond donors (Lipinski definition) is 2. The maximum Gasteiger partial charge on any atom is 0.116 e. The van der Waals surface area contributed by atoms with Crippen LogP contribution in [0.4, 0.5) is 0 Å². The summed E-state index contributed by atoms with van der Waals surface area (Å²) in [5, 5.41) is 9.05. The van der Waals surface area contributed by atoms with E-state index in [4.69, 9.17) is 5.11 Å². The molecule has 2 N–H and O–H groups in total. The number of nitrogens with one attached hydrogen (secondary N) is 1. The van der Waals surface area contributed by atoms with Crippen LogP contribution in [0.2, 0.25) is 0 Å². The van der Waals surface area contributed by atoms with Crippen LogP contribution >= 0.6 is 23.9 Å². The lowest BCUT2D eigenvalue weighted by Gasteiger charge is -1.93. The highest BCUT2D eigenvalue weighted by molar-refractivity contribution is 8.15. The number of rotatable bonds is 0. The van der Waals surface area contributed by atoms with Crippen LogP contribution in [-0.2, 0) is 0 Å². The van der Waals surface area contributed by atoms with Crippen LogP contribution < -0.4 is 4.13 Å². The Morgan fingerprint density at radius 3 is 2.90 bits per heavy atom. The molecule has 0 atom stereocenters. The Balaban J connectivity index is 2.52. The average Bonchev–Trinajstić information content (AvgIpc) is 2.33. The lowest BCUT2D eigenvalue weighted by Crippen LogP contribution is -1.73. The monoisotopic (exact) mass is 171 g/mol. The first-order valence-corrected chi connectivity index (χ1v) is 4.41. The van der Waals surface area contributed by atoms with Crippen molar-refractivity contribution in [2.24, 2.45) is 0 Å². The molecule has 0 unspecified atom stereocenters. The van der Waals surface area contributed by atoms with E-state index in [0.29, 0.717) is 5.75 Å². The fraction of sp³-hybridized carbons (Fsp3) is 0. The molecule has 10 heavy (non-hydrogen) atoms. The zero-order valence-corrected chi connectivity index (χ0v) is 6.63. The SMILES string of the molecule is Oc1ccc2c(c1)SNS2. The smallest absolute Gasteiger partial charge is 0.116 e. The second kappa shape index (κ2) is 2.38. The second-order valence-electron chi connectivity index (χ2n) is 1.92. The molecule has 4 heteroatoms.